The number of carboxylic acid groups (broad SMARTS) is 1. The molecule has 6 nitrogen and oxygen atoms in total. The summed E-state index contributed by atoms with van der Waals surface area (Å²) in [5.41, 5.74) is 0.271. The van der Waals surface area contributed by atoms with Gasteiger partial charge in [-0.2, -0.15) is 4.72 Å². The lowest BCUT2D eigenvalue weighted by molar-refractivity contribution is -0.310. The van der Waals surface area contributed by atoms with Gasteiger partial charge in [-0.3, -0.25) is 0 Å². The topological polar surface area (TPSA) is 107 Å². The Hall–Kier alpha value is -2.22. The fraction of sp³-hybridized carbons (Fsp3) is 0.133. The maximum Gasteiger partial charge on any atom is 0.241 e. The van der Waals surface area contributed by atoms with Crippen LogP contribution in [0.3, 0.4) is 0 Å². The van der Waals surface area contributed by atoms with E-state index in [1.54, 1.807) is 24.3 Å². The molecule has 22 heavy (non-hydrogen) atoms. The average Bonchev–Trinajstić information content (AvgIpc) is 2.53. The van der Waals surface area contributed by atoms with Gasteiger partial charge in [-0.25, -0.2) is 8.42 Å². The second-order valence-electron chi connectivity index (χ2n) is 4.59. The minimum absolute atomic E-state index is 0.0958. The van der Waals surface area contributed by atoms with Crippen molar-refractivity contribution in [2.45, 2.75) is 17.0 Å². The Bertz CT molecular complexity index is 731. The van der Waals surface area contributed by atoms with Crippen molar-refractivity contribution in [1.29, 1.82) is 0 Å². The number of sulfonamides is 1. The predicted octanol–water partition coefficient (Wildman–Crippen LogP) is -0.183. The maximum atomic E-state index is 12.2. The van der Waals surface area contributed by atoms with Crippen LogP contribution in [-0.2, 0) is 14.8 Å². The molecule has 0 saturated carbocycles. The molecule has 0 bridgehead atoms. The molecule has 0 amide bonds. The Labute approximate surface area is 128 Å². The van der Waals surface area contributed by atoms with Gasteiger partial charge in [-0.05, 0) is 17.7 Å². The third kappa shape index (κ3) is 3.70. The number of benzene rings is 2. The largest absolute Gasteiger partial charge is 0.548 e. The van der Waals surface area contributed by atoms with Crippen molar-refractivity contribution in [1.82, 2.24) is 4.72 Å². The van der Waals surface area contributed by atoms with E-state index in [1.807, 2.05) is 4.72 Å². The predicted molar refractivity (Wildman–Crippen MR) is 77.0 cm³/mol. The van der Waals surface area contributed by atoms with E-state index < -0.39 is 28.1 Å². The van der Waals surface area contributed by atoms with Crippen LogP contribution in [0.4, 0.5) is 0 Å². The van der Waals surface area contributed by atoms with Gasteiger partial charge in [0.1, 0.15) is 6.10 Å². The zero-order valence-electron chi connectivity index (χ0n) is 11.4. The molecule has 2 aromatic rings. The van der Waals surface area contributed by atoms with Crippen LogP contribution in [0, 0.1) is 0 Å². The summed E-state index contributed by atoms with van der Waals surface area (Å²) in [5, 5.41) is 21.3. The fourth-order valence-corrected chi connectivity index (χ4v) is 3.13. The van der Waals surface area contributed by atoms with Crippen LogP contribution in [0.25, 0.3) is 0 Å². The van der Waals surface area contributed by atoms with E-state index >= 15 is 0 Å². The summed E-state index contributed by atoms with van der Waals surface area (Å²) in [6, 6.07) is 13.4. The van der Waals surface area contributed by atoms with Gasteiger partial charge >= 0.3 is 0 Å². The molecule has 2 rings (SSSR count). The van der Waals surface area contributed by atoms with Crippen LogP contribution < -0.4 is 9.83 Å². The van der Waals surface area contributed by atoms with Gasteiger partial charge in [0.25, 0.3) is 0 Å². The standard InChI is InChI=1S/C15H15NO5S/c17-14(11-7-3-1-4-8-11)13(15(18)19)16-22(20,21)12-9-5-2-6-10-12/h1-10,13-14,16-17H,(H,18,19)/p-1/t13-,14-/m0/s1. The third-order valence-corrected chi connectivity index (χ3v) is 4.50. The number of nitrogens with one attached hydrogen (secondary N) is 1. The third-order valence-electron chi connectivity index (χ3n) is 3.05. The van der Waals surface area contributed by atoms with E-state index in [4.69, 9.17) is 0 Å². The molecule has 2 aromatic carbocycles. The van der Waals surface area contributed by atoms with Crippen LogP contribution in [0.1, 0.15) is 11.7 Å². The lowest BCUT2D eigenvalue weighted by Gasteiger charge is -2.25. The molecule has 2 atom stereocenters. The molecular formula is C15H14NO5S-. The first-order valence-corrected chi connectivity index (χ1v) is 7.91. The van der Waals surface area contributed by atoms with Gasteiger partial charge in [0.05, 0.1) is 16.9 Å². The Morgan fingerprint density at radius 3 is 2.00 bits per heavy atom. The summed E-state index contributed by atoms with van der Waals surface area (Å²) in [6.45, 7) is 0. The molecule has 0 radical (unpaired) electrons. The number of aliphatic hydroxyl groups excluding tert-OH is 1. The van der Waals surface area contributed by atoms with E-state index in [1.165, 1.54) is 36.4 Å². The summed E-state index contributed by atoms with van der Waals surface area (Å²) >= 11 is 0. The first-order valence-electron chi connectivity index (χ1n) is 6.43. The van der Waals surface area contributed by atoms with Crippen LogP contribution in [0.15, 0.2) is 65.6 Å². The normalized spacial score (nSPS) is 14.2. The average molecular weight is 320 g/mol. The molecule has 0 aliphatic heterocycles. The SMILES string of the molecule is O=C([O-])[C@@H](NS(=O)(=O)c1ccccc1)[C@@H](O)c1ccccc1. The van der Waals surface area contributed by atoms with E-state index in [0.29, 0.717) is 0 Å². The van der Waals surface area contributed by atoms with Crippen molar-refractivity contribution in [3.63, 3.8) is 0 Å². The lowest BCUT2D eigenvalue weighted by atomic mass is 10.0. The Morgan fingerprint density at radius 1 is 1.00 bits per heavy atom. The Kier molecular flexibility index (Phi) is 4.92. The molecule has 116 valence electrons. The quantitative estimate of drug-likeness (QED) is 0.768. The number of carbonyl (C=O) groups is 1. The highest BCUT2D eigenvalue weighted by Gasteiger charge is 2.27. The van der Waals surface area contributed by atoms with E-state index in [-0.39, 0.29) is 10.5 Å². The van der Waals surface area contributed by atoms with Gasteiger partial charge < -0.3 is 15.0 Å². The van der Waals surface area contributed by atoms with Crippen molar-refractivity contribution in [2.24, 2.45) is 0 Å². The monoisotopic (exact) mass is 320 g/mol. The molecule has 0 spiro atoms. The maximum absolute atomic E-state index is 12.2. The van der Waals surface area contributed by atoms with Crippen molar-refractivity contribution >= 4 is 16.0 Å². The molecule has 0 heterocycles. The first kappa shape index (κ1) is 16.2. The highest BCUT2D eigenvalue weighted by atomic mass is 32.2. The van der Waals surface area contributed by atoms with Crippen molar-refractivity contribution < 1.29 is 23.4 Å². The minimum Gasteiger partial charge on any atom is -0.548 e. The second kappa shape index (κ2) is 6.69. The number of hydrogen-bond acceptors (Lipinski definition) is 5. The van der Waals surface area contributed by atoms with Crippen LogP contribution in [0.5, 0.6) is 0 Å². The zero-order valence-corrected chi connectivity index (χ0v) is 12.2. The molecule has 0 aromatic heterocycles. The van der Waals surface area contributed by atoms with Gasteiger partial charge in [0.15, 0.2) is 0 Å². The summed E-state index contributed by atoms with van der Waals surface area (Å²) in [6.07, 6.45) is -1.57. The van der Waals surface area contributed by atoms with E-state index in [9.17, 15) is 23.4 Å². The number of carbonyl (C=O) groups excluding carboxylic acids is 1. The Balaban J connectivity index is 2.28. The van der Waals surface area contributed by atoms with Gasteiger partial charge in [0.2, 0.25) is 10.0 Å². The molecular weight excluding hydrogens is 306 g/mol. The second-order valence-corrected chi connectivity index (χ2v) is 6.30. The fourth-order valence-electron chi connectivity index (χ4n) is 1.92. The number of hydrogen-bond donors (Lipinski definition) is 2. The van der Waals surface area contributed by atoms with Gasteiger partial charge in [-0.1, -0.05) is 48.5 Å². The van der Waals surface area contributed by atoms with Crippen molar-refractivity contribution in [3.8, 4) is 0 Å². The Morgan fingerprint density at radius 2 is 1.50 bits per heavy atom. The van der Waals surface area contributed by atoms with E-state index in [2.05, 4.69) is 0 Å². The molecule has 7 heteroatoms. The minimum atomic E-state index is -4.09. The molecule has 0 aliphatic carbocycles. The number of rotatable bonds is 6. The lowest BCUT2D eigenvalue weighted by Crippen LogP contribution is -2.51. The molecule has 0 unspecified atom stereocenters. The zero-order chi connectivity index (χ0) is 16.2. The molecule has 2 N–H and O–H groups in total. The first-order chi connectivity index (χ1) is 10.4. The van der Waals surface area contributed by atoms with Crippen LogP contribution >= 0.6 is 0 Å². The van der Waals surface area contributed by atoms with Crippen molar-refractivity contribution in [2.75, 3.05) is 0 Å². The summed E-state index contributed by atoms with van der Waals surface area (Å²) in [4.78, 5) is 11.1. The van der Waals surface area contributed by atoms with E-state index in [0.717, 1.165) is 0 Å². The van der Waals surface area contributed by atoms with Gasteiger partial charge in [-0.15, -0.1) is 0 Å². The summed E-state index contributed by atoms with van der Waals surface area (Å²) in [5.74, 6) is -1.71. The summed E-state index contributed by atoms with van der Waals surface area (Å²) in [7, 11) is -4.09. The summed E-state index contributed by atoms with van der Waals surface area (Å²) < 4.78 is 26.3. The van der Waals surface area contributed by atoms with Crippen LogP contribution in [0.2, 0.25) is 0 Å². The number of carboxylic acids is 1. The molecule has 0 fully saturated rings. The molecule has 0 aliphatic rings. The smallest absolute Gasteiger partial charge is 0.241 e. The van der Waals surface area contributed by atoms with Gasteiger partial charge in [0, 0.05) is 0 Å². The highest BCUT2D eigenvalue weighted by molar-refractivity contribution is 7.89. The highest BCUT2D eigenvalue weighted by Crippen LogP contribution is 2.18. The number of aliphatic carboxylic acids is 1. The van der Waals surface area contributed by atoms with Crippen LogP contribution in [-0.4, -0.2) is 25.5 Å². The van der Waals surface area contributed by atoms with Crippen molar-refractivity contribution in [3.05, 3.63) is 66.2 Å². The molecule has 0 saturated heterocycles. The number of aliphatic hydroxyl groups is 1.